The minimum atomic E-state index is 0. The van der Waals surface area contributed by atoms with Crippen LogP contribution in [0.5, 0.6) is 0 Å². The van der Waals surface area contributed by atoms with E-state index in [0.717, 1.165) is 0 Å². The molecule has 38 valence electrons. The zero-order chi connectivity index (χ0) is 2.71. The predicted octanol–water partition coefficient (Wildman–Crippen LogP) is 1.52. The van der Waals surface area contributed by atoms with E-state index in [4.69, 9.17) is 0 Å². The average Bonchev–Trinajstić information content (AvgIpc) is 0.918. The van der Waals surface area contributed by atoms with Crippen molar-refractivity contribution in [1.82, 2.24) is 0 Å². The molecule has 0 unspecified atom stereocenters. The van der Waals surface area contributed by atoms with Crippen LogP contribution in [0.15, 0.2) is 0 Å². The molecule has 0 amide bonds. The van der Waals surface area contributed by atoms with Gasteiger partial charge in [0.1, 0.15) is 0 Å². The van der Waals surface area contributed by atoms with Gasteiger partial charge in [-0.2, -0.15) is 0 Å². The molecule has 0 saturated carbocycles. The Morgan fingerprint density at radius 3 is 1.20 bits per heavy atom. The van der Waals surface area contributed by atoms with Gasteiger partial charge < -0.3 is 0 Å². The second kappa shape index (κ2) is 15.8. The second-order valence-corrected chi connectivity index (χ2v) is 17.6. The van der Waals surface area contributed by atoms with Gasteiger partial charge in [-0.05, 0) is 11.0 Å². The Bertz CT molecular complexity index is 6.85. The van der Waals surface area contributed by atoms with E-state index < -0.39 is 0 Å². The van der Waals surface area contributed by atoms with Crippen molar-refractivity contribution in [2.24, 2.45) is 0 Å². The third-order valence-corrected chi connectivity index (χ3v) is 0. The van der Waals surface area contributed by atoms with Gasteiger partial charge in [0.2, 0.25) is 0 Å². The third kappa shape index (κ3) is 19.7. The van der Waals surface area contributed by atoms with E-state index in [0.29, 0.717) is 13.3 Å². The summed E-state index contributed by atoms with van der Waals surface area (Å²) in [6.45, 7) is 0. The topological polar surface area (TPSA) is 0 Å². The van der Waals surface area contributed by atoms with Crippen LogP contribution in [0.25, 0.3) is 0 Å². The Morgan fingerprint density at radius 1 is 1.20 bits per heavy atom. The molecule has 0 aromatic heterocycles. The summed E-state index contributed by atoms with van der Waals surface area (Å²) in [5.74, 6) is 0. The largest absolute Gasteiger partial charge is 0.0149 e. The Labute approximate surface area is 76.6 Å². The number of halogens is 4. The fourth-order valence-electron chi connectivity index (χ4n) is 0. The van der Waals surface area contributed by atoms with Crippen LogP contribution in [0.1, 0.15) is 0 Å². The van der Waals surface area contributed by atoms with Crippen LogP contribution in [-0.2, 0) is 0 Å². The summed E-state index contributed by atoms with van der Waals surface area (Å²) < 4.78 is 0. The maximum absolute atomic E-state index is 2.41. The first-order valence-corrected chi connectivity index (χ1v) is 13.9. The summed E-state index contributed by atoms with van der Waals surface area (Å²) in [4.78, 5) is 0. The number of hydrogen-bond donors (Lipinski definition) is 0. The Kier molecular flexibility index (Phi) is 49.5. The van der Waals surface area contributed by atoms with Crippen molar-refractivity contribution in [3.8, 4) is 0 Å². The van der Waals surface area contributed by atoms with Gasteiger partial charge in [-0.1, -0.05) is 0 Å². The molecule has 0 aromatic carbocycles. The van der Waals surface area contributed by atoms with Crippen LogP contribution in [0.3, 0.4) is 0 Å². The molecule has 0 nitrogen and oxygen atoms in total. The van der Waals surface area contributed by atoms with Crippen LogP contribution in [0, 0.1) is 0 Å². The summed E-state index contributed by atoms with van der Waals surface area (Å²) in [5, 5.41) is 0. The fourth-order valence-corrected chi connectivity index (χ4v) is 0. The van der Waals surface area contributed by atoms with Gasteiger partial charge in [0.05, 0.1) is 0 Å². The number of rotatable bonds is 0. The van der Waals surface area contributed by atoms with Crippen LogP contribution < -0.4 is 0 Å². The fraction of sp³-hybridized carbons (Fsp3) is 0. The van der Waals surface area contributed by atoms with E-state index in [-0.39, 0.29) is 27.9 Å². The maximum Gasteiger partial charge on any atom is -0.0149 e. The van der Waals surface area contributed by atoms with E-state index in [2.05, 4.69) is 37.2 Å². The maximum atomic E-state index is 2.41. The van der Waals surface area contributed by atoms with Crippen molar-refractivity contribution in [2.75, 3.05) is 0 Å². The van der Waals surface area contributed by atoms with Crippen LogP contribution in [-0.4, -0.2) is 11.0 Å². The summed E-state index contributed by atoms with van der Waals surface area (Å²) in [6.07, 6.45) is 0. The predicted molar refractivity (Wildman–Crippen MR) is 65.1 cm³/mol. The minimum Gasteiger partial charge on any atom is -0.0149 e. The first-order chi connectivity index (χ1) is 1.41. The molecular formula is H6BrI3Si. The van der Waals surface area contributed by atoms with Gasteiger partial charge >= 0.3 is 50.5 Å². The number of hydrogen-bond acceptors (Lipinski definition) is 0. The molecule has 0 aromatic rings. The van der Waals surface area contributed by atoms with E-state index in [1.165, 1.54) is 0 Å². The molecule has 0 aliphatic heterocycles. The van der Waals surface area contributed by atoms with E-state index >= 15 is 0 Å². The quantitative estimate of drug-likeness (QED) is 0.354. The molecule has 0 fully saturated rings. The molecule has 0 aliphatic rings. The van der Waals surface area contributed by atoms with E-state index in [1.54, 1.807) is 0 Å². The molecule has 0 heterocycles. The molecule has 5 heavy (non-hydrogen) atoms. The van der Waals surface area contributed by atoms with E-state index in [9.17, 15) is 0 Å². The monoisotopic (exact) mass is 494 g/mol. The van der Waals surface area contributed by atoms with Crippen LogP contribution in [0.4, 0.5) is 0 Å². The molecule has 0 N–H and O–H groups in total. The Hall–Kier alpha value is 2.89. The summed E-state index contributed by atoms with van der Waals surface area (Å²) >= 11 is 5.22. The van der Waals surface area contributed by atoms with Gasteiger partial charge in [-0.3, -0.25) is 0 Å². The normalized spacial score (nSPS) is 4.40. The SMILES string of the molecule is Br.I[IH]I.[SiH4]. The second-order valence-electron chi connectivity index (χ2n) is 0.0583. The van der Waals surface area contributed by atoms with Crippen molar-refractivity contribution in [1.29, 1.82) is 0 Å². The van der Waals surface area contributed by atoms with Crippen molar-refractivity contribution < 1.29 is 0 Å². The molecule has 0 spiro atoms. The first-order valence-electron chi connectivity index (χ1n) is 0.309. The molecule has 0 saturated heterocycles. The van der Waals surface area contributed by atoms with Gasteiger partial charge in [0, 0.05) is 0 Å². The van der Waals surface area contributed by atoms with Gasteiger partial charge in [-0.15, -0.1) is 17.0 Å². The zero-order valence-corrected chi connectivity index (χ0v) is 9.93. The van der Waals surface area contributed by atoms with Crippen molar-refractivity contribution in [3.63, 3.8) is 0 Å². The molecule has 0 atom stereocenters. The van der Waals surface area contributed by atoms with Crippen LogP contribution in [0.2, 0.25) is 0 Å². The van der Waals surface area contributed by atoms with Crippen molar-refractivity contribution >= 4 is 78.4 Å². The Balaban J connectivity index is -0.0000000200. The smallest absolute Gasteiger partial charge is 0.0149 e. The van der Waals surface area contributed by atoms with Gasteiger partial charge in [0.25, 0.3) is 0 Å². The van der Waals surface area contributed by atoms with Crippen molar-refractivity contribution in [3.05, 3.63) is 0 Å². The first kappa shape index (κ1) is 15.7. The molecule has 0 bridgehead atoms. The van der Waals surface area contributed by atoms with Gasteiger partial charge in [0.15, 0.2) is 0 Å². The minimum absolute atomic E-state index is 0. The van der Waals surface area contributed by atoms with Crippen LogP contribution >= 0.6 is 67.5 Å². The standard InChI is InChI=1S/BrH.HI3.H4Si/c;1-3-2;/h1H;3H;1H4. The molecule has 0 radical (unpaired) electrons. The van der Waals surface area contributed by atoms with E-state index in [1.807, 2.05) is 0 Å². The molecular weight excluding hydrogens is 489 g/mol. The molecule has 0 rings (SSSR count). The molecule has 0 aliphatic carbocycles. The van der Waals surface area contributed by atoms with Gasteiger partial charge in [-0.25, -0.2) is 0 Å². The third-order valence-electron chi connectivity index (χ3n) is 0. The van der Waals surface area contributed by atoms with Crippen molar-refractivity contribution in [2.45, 2.75) is 0 Å². The molecule has 5 heteroatoms. The Morgan fingerprint density at radius 2 is 1.20 bits per heavy atom. The summed E-state index contributed by atoms with van der Waals surface area (Å²) in [7, 11) is 0. The average molecular weight is 495 g/mol. The summed E-state index contributed by atoms with van der Waals surface area (Å²) in [6, 6.07) is 0. The zero-order valence-electron chi connectivity index (χ0n) is 1.57. The summed E-state index contributed by atoms with van der Waals surface area (Å²) in [5.41, 5.74) is 0.